The molecule has 0 aliphatic carbocycles. The fourth-order valence-electron chi connectivity index (χ4n) is 6.35. The summed E-state index contributed by atoms with van der Waals surface area (Å²) >= 11 is 3.51. The minimum atomic E-state index is 0.618. The van der Waals surface area contributed by atoms with Crippen molar-refractivity contribution in [1.82, 2.24) is 19.9 Å². The van der Waals surface area contributed by atoms with Gasteiger partial charge in [0.1, 0.15) is 16.2 Å². The van der Waals surface area contributed by atoms with Gasteiger partial charge >= 0.3 is 0 Å². The molecule has 0 saturated carbocycles. The third-order valence-electron chi connectivity index (χ3n) is 8.58. The van der Waals surface area contributed by atoms with E-state index >= 15 is 0 Å². The Morgan fingerprint density at radius 1 is 0.426 bits per heavy atom. The van der Waals surface area contributed by atoms with Crippen molar-refractivity contribution < 1.29 is 4.42 Å². The van der Waals surface area contributed by atoms with Crippen LogP contribution >= 0.6 is 22.7 Å². The highest BCUT2D eigenvalue weighted by Gasteiger charge is 2.19. The molecule has 0 radical (unpaired) electrons. The Hall–Kier alpha value is -5.76. The third-order valence-corrected chi connectivity index (χ3v) is 10.8. The van der Waals surface area contributed by atoms with Crippen LogP contribution in [0.15, 0.2) is 138 Å². The summed E-state index contributed by atoms with van der Waals surface area (Å²) in [6.45, 7) is 0. The summed E-state index contributed by atoms with van der Waals surface area (Å²) in [5.41, 5.74) is 6.66. The number of thiophene rings is 1. The first-order chi connectivity index (χ1) is 23.2. The molecule has 0 aliphatic rings. The molecule has 0 amide bonds. The first kappa shape index (κ1) is 26.5. The minimum Gasteiger partial charge on any atom is -0.456 e. The second-order valence-electron chi connectivity index (χ2n) is 11.5. The second-order valence-corrected chi connectivity index (χ2v) is 13.6. The Balaban J connectivity index is 1.19. The number of fused-ring (bicyclic) bond motifs is 7. The van der Waals surface area contributed by atoms with Gasteiger partial charge in [0.05, 0.1) is 10.2 Å². The summed E-state index contributed by atoms with van der Waals surface area (Å²) in [4.78, 5) is 20.2. The number of aromatic nitrogens is 4. The van der Waals surface area contributed by atoms with Crippen molar-refractivity contribution in [2.24, 2.45) is 0 Å². The first-order valence-electron chi connectivity index (χ1n) is 15.3. The molecule has 0 aliphatic heterocycles. The fourth-order valence-corrected chi connectivity index (χ4v) is 8.42. The molecule has 6 aromatic carbocycles. The number of furan rings is 1. The fraction of sp³-hybridized carbons (Fsp3) is 0. The molecule has 4 aromatic heterocycles. The Bertz CT molecular complexity index is 2780. The van der Waals surface area contributed by atoms with Gasteiger partial charge < -0.3 is 4.42 Å². The van der Waals surface area contributed by atoms with E-state index in [2.05, 4.69) is 66.7 Å². The van der Waals surface area contributed by atoms with E-state index in [1.165, 1.54) is 19.5 Å². The summed E-state index contributed by atoms with van der Waals surface area (Å²) in [5, 5.41) is 5.44. The highest BCUT2D eigenvalue weighted by Crippen LogP contribution is 2.42. The molecule has 220 valence electrons. The molecule has 0 spiro atoms. The summed E-state index contributed by atoms with van der Waals surface area (Å²) in [5.74, 6) is 1.89. The zero-order valence-corrected chi connectivity index (χ0v) is 26.3. The molecular formula is C40H22N4OS2. The SMILES string of the molecule is c1ccc(-c2nc(-c3ccc4oc5ccccc5c4c3)nc(-c3cccc4sc5ccc(-c6nc7ccccc7s6)cc5c34)n2)cc1. The van der Waals surface area contributed by atoms with Crippen LogP contribution in [0.3, 0.4) is 0 Å². The molecule has 10 rings (SSSR count). The van der Waals surface area contributed by atoms with E-state index in [1.807, 2.05) is 66.7 Å². The molecular weight excluding hydrogens is 617 g/mol. The normalized spacial score (nSPS) is 11.8. The summed E-state index contributed by atoms with van der Waals surface area (Å²) in [6.07, 6.45) is 0. The first-order valence-corrected chi connectivity index (χ1v) is 16.9. The van der Waals surface area contributed by atoms with Crippen LogP contribution in [-0.2, 0) is 0 Å². The molecule has 0 fully saturated rings. The van der Waals surface area contributed by atoms with Crippen LogP contribution in [-0.4, -0.2) is 19.9 Å². The Morgan fingerprint density at radius 2 is 1.15 bits per heavy atom. The van der Waals surface area contributed by atoms with Gasteiger partial charge in [0.15, 0.2) is 17.5 Å². The molecule has 5 nitrogen and oxygen atoms in total. The summed E-state index contributed by atoms with van der Waals surface area (Å²) < 4.78 is 9.70. The Morgan fingerprint density at radius 3 is 2.06 bits per heavy atom. The Labute approximate surface area is 276 Å². The van der Waals surface area contributed by atoms with E-state index < -0.39 is 0 Å². The molecule has 4 heterocycles. The average molecular weight is 639 g/mol. The lowest BCUT2D eigenvalue weighted by Gasteiger charge is -2.10. The number of nitrogens with zero attached hydrogens (tertiary/aromatic N) is 4. The molecule has 0 N–H and O–H groups in total. The molecule has 10 aromatic rings. The van der Waals surface area contributed by atoms with Crippen LogP contribution in [0, 0.1) is 0 Å². The lowest BCUT2D eigenvalue weighted by molar-refractivity contribution is 0.669. The van der Waals surface area contributed by atoms with Crippen molar-refractivity contribution >= 4 is 75.0 Å². The molecule has 0 unspecified atom stereocenters. The van der Waals surface area contributed by atoms with Crippen LogP contribution in [0.2, 0.25) is 0 Å². The number of rotatable bonds is 4. The summed E-state index contributed by atoms with van der Waals surface area (Å²) in [6, 6.07) is 45.8. The van der Waals surface area contributed by atoms with Crippen LogP contribution < -0.4 is 0 Å². The Kier molecular flexibility index (Phi) is 5.85. The van der Waals surface area contributed by atoms with Crippen LogP contribution in [0.1, 0.15) is 0 Å². The average Bonchev–Trinajstić information content (AvgIpc) is 3.84. The van der Waals surface area contributed by atoms with Crippen LogP contribution in [0.4, 0.5) is 0 Å². The number of hydrogen-bond donors (Lipinski definition) is 0. The zero-order valence-electron chi connectivity index (χ0n) is 24.7. The van der Waals surface area contributed by atoms with Gasteiger partial charge in [-0.05, 0) is 54.6 Å². The minimum absolute atomic E-state index is 0.618. The monoisotopic (exact) mass is 638 g/mol. The van der Waals surface area contributed by atoms with E-state index in [1.54, 1.807) is 22.7 Å². The molecule has 0 atom stereocenters. The van der Waals surface area contributed by atoms with Crippen molar-refractivity contribution in [2.75, 3.05) is 0 Å². The maximum Gasteiger partial charge on any atom is 0.164 e. The van der Waals surface area contributed by atoms with Crippen molar-refractivity contribution in [3.8, 4) is 44.7 Å². The van der Waals surface area contributed by atoms with Gasteiger partial charge in [0.2, 0.25) is 0 Å². The molecule has 7 heteroatoms. The largest absolute Gasteiger partial charge is 0.456 e. The van der Waals surface area contributed by atoms with Gasteiger partial charge in [0, 0.05) is 53.2 Å². The van der Waals surface area contributed by atoms with E-state index in [0.717, 1.165) is 60.1 Å². The maximum absolute atomic E-state index is 6.11. The van der Waals surface area contributed by atoms with Crippen LogP contribution in [0.25, 0.3) is 97.1 Å². The topological polar surface area (TPSA) is 64.7 Å². The smallest absolute Gasteiger partial charge is 0.164 e. The number of thiazole rings is 1. The van der Waals surface area contributed by atoms with Gasteiger partial charge in [-0.1, -0.05) is 78.9 Å². The van der Waals surface area contributed by atoms with Gasteiger partial charge in [0.25, 0.3) is 0 Å². The number of hydrogen-bond acceptors (Lipinski definition) is 7. The van der Waals surface area contributed by atoms with Gasteiger partial charge in [-0.25, -0.2) is 19.9 Å². The zero-order chi connectivity index (χ0) is 30.9. The molecule has 0 saturated heterocycles. The maximum atomic E-state index is 6.11. The highest BCUT2D eigenvalue weighted by molar-refractivity contribution is 7.26. The quantitative estimate of drug-likeness (QED) is 0.192. The van der Waals surface area contributed by atoms with E-state index in [-0.39, 0.29) is 0 Å². The van der Waals surface area contributed by atoms with E-state index in [4.69, 9.17) is 24.4 Å². The van der Waals surface area contributed by atoms with Crippen molar-refractivity contribution in [3.05, 3.63) is 133 Å². The number of para-hydroxylation sites is 2. The predicted molar refractivity (Wildman–Crippen MR) is 195 cm³/mol. The van der Waals surface area contributed by atoms with Crippen LogP contribution in [0.5, 0.6) is 0 Å². The number of benzene rings is 6. The van der Waals surface area contributed by atoms with E-state index in [0.29, 0.717) is 17.5 Å². The van der Waals surface area contributed by atoms with Crippen molar-refractivity contribution in [1.29, 1.82) is 0 Å². The van der Waals surface area contributed by atoms with Crippen molar-refractivity contribution in [3.63, 3.8) is 0 Å². The third kappa shape index (κ3) is 4.35. The highest BCUT2D eigenvalue weighted by atomic mass is 32.1. The molecule has 0 bridgehead atoms. The lowest BCUT2D eigenvalue weighted by Crippen LogP contribution is -2.00. The summed E-state index contributed by atoms with van der Waals surface area (Å²) in [7, 11) is 0. The van der Waals surface area contributed by atoms with Gasteiger partial charge in [-0.3, -0.25) is 0 Å². The predicted octanol–water partition coefficient (Wildman–Crippen LogP) is 11.4. The van der Waals surface area contributed by atoms with Gasteiger partial charge in [-0.2, -0.15) is 0 Å². The van der Waals surface area contributed by atoms with Gasteiger partial charge in [-0.15, -0.1) is 22.7 Å². The van der Waals surface area contributed by atoms with E-state index in [9.17, 15) is 0 Å². The standard InChI is InChI=1S/C40H22N4OS2/c1-2-9-23(10-3-1)37-42-38(24-17-19-32-28(21-24)26-11-4-6-14-31(26)45-32)44-39(43-37)27-12-8-16-35-36(27)29-22-25(18-20-33(29)46-35)40-41-30-13-5-7-15-34(30)47-40/h1-22H. The second kappa shape index (κ2) is 10.4. The molecule has 47 heavy (non-hydrogen) atoms. The lowest BCUT2D eigenvalue weighted by atomic mass is 10.0. The van der Waals surface area contributed by atoms with Crippen molar-refractivity contribution in [2.45, 2.75) is 0 Å².